The lowest BCUT2D eigenvalue weighted by molar-refractivity contribution is -0.123. The molecule has 1 aromatic carbocycles. The first-order valence-corrected chi connectivity index (χ1v) is 5.30. The van der Waals surface area contributed by atoms with Crippen LogP contribution in [-0.4, -0.2) is 12.5 Å². The van der Waals surface area contributed by atoms with E-state index in [-0.39, 0.29) is 12.5 Å². The molecule has 0 aliphatic heterocycles. The summed E-state index contributed by atoms with van der Waals surface area (Å²) in [4.78, 5) is 10.8. The molecule has 0 heterocycles. The first kappa shape index (κ1) is 11.5. The summed E-state index contributed by atoms with van der Waals surface area (Å²) in [6.07, 6.45) is 0. The number of benzene rings is 1. The van der Waals surface area contributed by atoms with Crippen molar-refractivity contribution in [2.24, 2.45) is 5.84 Å². The molecule has 0 spiro atoms. The van der Waals surface area contributed by atoms with Gasteiger partial charge in [0.2, 0.25) is 0 Å². The van der Waals surface area contributed by atoms with Gasteiger partial charge in [0.15, 0.2) is 6.61 Å². The number of para-hydroxylation sites is 1. The lowest BCUT2D eigenvalue weighted by Gasteiger charge is -2.08. The number of nitrogens with one attached hydrogen (secondary N) is 1. The minimum Gasteiger partial charge on any atom is -0.481 e. The summed E-state index contributed by atoms with van der Waals surface area (Å²) in [7, 11) is 0. The lowest BCUT2D eigenvalue weighted by atomic mass is 10.3. The van der Waals surface area contributed by atoms with E-state index in [1.165, 1.54) is 0 Å². The van der Waals surface area contributed by atoms with E-state index in [4.69, 9.17) is 10.6 Å². The summed E-state index contributed by atoms with van der Waals surface area (Å²) in [5.41, 5.74) is 1.98. The predicted molar refractivity (Wildman–Crippen MR) is 59.7 cm³/mol. The molecule has 1 amide bonds. The second-order valence-corrected chi connectivity index (χ2v) is 4.12. The molecule has 0 saturated heterocycles. The summed E-state index contributed by atoms with van der Waals surface area (Å²) in [5, 5.41) is 0. The fraction of sp³-hybridized carbons (Fsp3) is 0.125. The summed E-state index contributed by atoms with van der Waals surface area (Å²) in [5.74, 6) is 5.11. The van der Waals surface area contributed by atoms with Crippen LogP contribution in [0.5, 0.6) is 5.75 Å². The number of hydrazine groups is 1. The maximum Gasteiger partial charge on any atom is 0.271 e. The molecule has 0 atom stereocenters. The lowest BCUT2D eigenvalue weighted by Crippen LogP contribution is -2.34. The quantitative estimate of drug-likeness (QED) is 0.504. The molecular formula is C8H8Br2N2O2. The largest absolute Gasteiger partial charge is 0.481 e. The van der Waals surface area contributed by atoms with Crippen LogP contribution in [0.25, 0.3) is 0 Å². The number of halogens is 2. The highest BCUT2D eigenvalue weighted by atomic mass is 79.9. The Kier molecular flexibility index (Phi) is 4.37. The zero-order valence-corrected chi connectivity index (χ0v) is 10.3. The fourth-order valence-corrected chi connectivity index (χ4v) is 2.03. The van der Waals surface area contributed by atoms with Crippen LogP contribution in [0.15, 0.2) is 27.1 Å². The maximum absolute atomic E-state index is 10.8. The molecule has 14 heavy (non-hydrogen) atoms. The van der Waals surface area contributed by atoms with E-state index < -0.39 is 0 Å². The summed E-state index contributed by atoms with van der Waals surface area (Å²) < 4.78 is 6.78. The van der Waals surface area contributed by atoms with Crippen LogP contribution >= 0.6 is 31.9 Å². The third kappa shape index (κ3) is 2.97. The molecule has 0 radical (unpaired) electrons. The second-order valence-electron chi connectivity index (χ2n) is 2.41. The zero-order chi connectivity index (χ0) is 10.6. The highest BCUT2D eigenvalue weighted by Crippen LogP contribution is 2.32. The van der Waals surface area contributed by atoms with E-state index in [1.807, 2.05) is 23.6 Å². The minimum absolute atomic E-state index is 0.113. The van der Waals surface area contributed by atoms with E-state index >= 15 is 0 Å². The van der Waals surface area contributed by atoms with E-state index in [0.717, 1.165) is 8.95 Å². The Bertz CT molecular complexity index is 324. The molecule has 0 saturated carbocycles. The molecule has 0 unspecified atom stereocenters. The highest BCUT2D eigenvalue weighted by Gasteiger charge is 2.07. The van der Waals surface area contributed by atoms with Crippen molar-refractivity contribution in [1.29, 1.82) is 0 Å². The number of ether oxygens (including phenoxy) is 1. The van der Waals surface area contributed by atoms with Crippen LogP contribution in [0, 0.1) is 0 Å². The van der Waals surface area contributed by atoms with E-state index in [1.54, 1.807) is 0 Å². The average Bonchev–Trinajstić information content (AvgIpc) is 2.16. The van der Waals surface area contributed by atoms with Crippen molar-refractivity contribution in [3.05, 3.63) is 27.1 Å². The maximum atomic E-state index is 10.8. The molecular weight excluding hydrogens is 316 g/mol. The van der Waals surface area contributed by atoms with Crippen molar-refractivity contribution in [3.8, 4) is 5.75 Å². The van der Waals surface area contributed by atoms with Gasteiger partial charge in [-0.1, -0.05) is 6.07 Å². The summed E-state index contributed by atoms with van der Waals surface area (Å²) in [6.45, 7) is -0.113. The number of hydrogen-bond donors (Lipinski definition) is 2. The Hall–Kier alpha value is -0.590. The molecule has 3 N–H and O–H groups in total. The van der Waals surface area contributed by atoms with E-state index in [2.05, 4.69) is 31.9 Å². The number of amides is 1. The van der Waals surface area contributed by atoms with Gasteiger partial charge in [0, 0.05) is 0 Å². The van der Waals surface area contributed by atoms with Gasteiger partial charge in [-0.05, 0) is 44.0 Å². The van der Waals surface area contributed by atoms with Crippen molar-refractivity contribution in [1.82, 2.24) is 5.43 Å². The van der Waals surface area contributed by atoms with Crippen LogP contribution in [-0.2, 0) is 4.79 Å². The number of carbonyl (C=O) groups excluding carboxylic acids is 1. The van der Waals surface area contributed by atoms with Crippen molar-refractivity contribution in [2.45, 2.75) is 0 Å². The summed E-state index contributed by atoms with van der Waals surface area (Å²) >= 11 is 6.60. The van der Waals surface area contributed by atoms with E-state index in [0.29, 0.717) is 5.75 Å². The van der Waals surface area contributed by atoms with Gasteiger partial charge in [-0.3, -0.25) is 10.2 Å². The Morgan fingerprint density at radius 1 is 1.43 bits per heavy atom. The summed E-state index contributed by atoms with van der Waals surface area (Å²) in [6, 6.07) is 5.49. The van der Waals surface area contributed by atoms with Crippen LogP contribution in [0.4, 0.5) is 0 Å². The van der Waals surface area contributed by atoms with Crippen LogP contribution in [0.3, 0.4) is 0 Å². The first-order chi connectivity index (χ1) is 6.65. The van der Waals surface area contributed by atoms with Gasteiger partial charge in [-0.2, -0.15) is 0 Å². The van der Waals surface area contributed by atoms with Gasteiger partial charge in [-0.25, -0.2) is 5.84 Å². The molecule has 0 fully saturated rings. The number of rotatable bonds is 3. The Morgan fingerprint density at radius 2 is 2.00 bits per heavy atom. The Labute approximate surface area is 98.0 Å². The van der Waals surface area contributed by atoms with Gasteiger partial charge < -0.3 is 4.74 Å². The van der Waals surface area contributed by atoms with Crippen molar-refractivity contribution in [2.75, 3.05) is 6.61 Å². The van der Waals surface area contributed by atoms with Crippen molar-refractivity contribution in [3.63, 3.8) is 0 Å². The van der Waals surface area contributed by atoms with Crippen LogP contribution < -0.4 is 16.0 Å². The van der Waals surface area contributed by atoms with Gasteiger partial charge in [-0.15, -0.1) is 0 Å². The van der Waals surface area contributed by atoms with Gasteiger partial charge in [0.25, 0.3) is 5.91 Å². The van der Waals surface area contributed by atoms with Crippen molar-refractivity contribution >= 4 is 37.8 Å². The molecule has 6 heteroatoms. The standard InChI is InChI=1S/C8H8Br2N2O2/c9-5-2-1-3-6(10)8(5)14-4-7(13)12-11/h1-3H,4,11H2,(H,12,13). The Morgan fingerprint density at radius 3 is 2.50 bits per heavy atom. The average molecular weight is 324 g/mol. The van der Waals surface area contributed by atoms with Gasteiger partial charge in [0.1, 0.15) is 5.75 Å². The smallest absolute Gasteiger partial charge is 0.271 e. The number of hydrogen-bond acceptors (Lipinski definition) is 3. The normalized spacial score (nSPS) is 9.64. The molecule has 1 rings (SSSR count). The third-order valence-corrected chi connectivity index (χ3v) is 2.68. The van der Waals surface area contributed by atoms with Gasteiger partial charge in [0.05, 0.1) is 8.95 Å². The van der Waals surface area contributed by atoms with Crippen molar-refractivity contribution < 1.29 is 9.53 Å². The minimum atomic E-state index is -0.382. The highest BCUT2D eigenvalue weighted by molar-refractivity contribution is 9.11. The molecule has 1 aromatic rings. The molecule has 0 bridgehead atoms. The van der Waals surface area contributed by atoms with Gasteiger partial charge >= 0.3 is 0 Å². The van der Waals surface area contributed by atoms with Crippen LogP contribution in [0.2, 0.25) is 0 Å². The molecule has 0 aromatic heterocycles. The molecule has 0 aliphatic carbocycles. The first-order valence-electron chi connectivity index (χ1n) is 3.71. The molecule has 0 aliphatic rings. The molecule has 76 valence electrons. The predicted octanol–water partition coefficient (Wildman–Crippen LogP) is 1.58. The second kappa shape index (κ2) is 5.33. The fourth-order valence-electron chi connectivity index (χ4n) is 0.800. The Balaban J connectivity index is 2.71. The molecule has 4 nitrogen and oxygen atoms in total. The van der Waals surface area contributed by atoms with Crippen LogP contribution in [0.1, 0.15) is 0 Å². The zero-order valence-electron chi connectivity index (χ0n) is 7.09. The number of nitrogens with two attached hydrogens (primary N) is 1. The SMILES string of the molecule is NNC(=O)COc1c(Br)cccc1Br. The third-order valence-electron chi connectivity index (χ3n) is 1.43. The topological polar surface area (TPSA) is 64.3 Å². The van der Waals surface area contributed by atoms with E-state index in [9.17, 15) is 4.79 Å². The monoisotopic (exact) mass is 322 g/mol. The number of carbonyl (C=O) groups is 1.